The van der Waals surface area contributed by atoms with Crippen LogP contribution in [-0.4, -0.2) is 30.6 Å². The van der Waals surface area contributed by atoms with E-state index in [9.17, 15) is 4.79 Å². The van der Waals surface area contributed by atoms with Gasteiger partial charge in [-0.05, 0) is 31.2 Å². The summed E-state index contributed by atoms with van der Waals surface area (Å²) in [5.74, 6) is 0.611. The van der Waals surface area contributed by atoms with Crippen LogP contribution in [0.25, 0.3) is 0 Å². The molecule has 1 aromatic carbocycles. The summed E-state index contributed by atoms with van der Waals surface area (Å²) in [6.07, 6.45) is 2.20. The van der Waals surface area contributed by atoms with Crippen molar-refractivity contribution in [1.82, 2.24) is 10.2 Å². The molecular formula is C14H20N2O. The Hall–Kier alpha value is -1.51. The molecule has 1 aliphatic heterocycles. The molecule has 1 atom stereocenters. The standard InChI is InChI=1S/C14H20N2O/c1-2-15-14(17)16-9-8-13(11-16)10-12-6-4-3-5-7-12/h3-7,13H,2,8-11H2,1H3,(H,15,17). The molecule has 1 saturated heterocycles. The number of nitrogens with zero attached hydrogens (tertiary/aromatic N) is 1. The molecule has 3 heteroatoms. The second-order valence-corrected chi connectivity index (χ2v) is 4.63. The van der Waals surface area contributed by atoms with Gasteiger partial charge in [-0.15, -0.1) is 0 Å². The Morgan fingerprint density at radius 2 is 2.18 bits per heavy atom. The molecule has 0 aromatic heterocycles. The number of likely N-dealkylation sites (tertiary alicyclic amines) is 1. The third-order valence-electron chi connectivity index (χ3n) is 3.27. The van der Waals surface area contributed by atoms with Crippen molar-refractivity contribution < 1.29 is 4.79 Å². The van der Waals surface area contributed by atoms with Crippen molar-refractivity contribution in [2.24, 2.45) is 5.92 Å². The normalized spacial score (nSPS) is 19.4. The highest BCUT2D eigenvalue weighted by atomic mass is 16.2. The fraction of sp³-hybridized carbons (Fsp3) is 0.500. The number of hydrogen-bond donors (Lipinski definition) is 1. The van der Waals surface area contributed by atoms with Crippen LogP contribution in [-0.2, 0) is 6.42 Å². The summed E-state index contributed by atoms with van der Waals surface area (Å²) in [6.45, 7) is 4.44. The zero-order valence-electron chi connectivity index (χ0n) is 10.4. The first kappa shape index (κ1) is 12.0. The van der Waals surface area contributed by atoms with E-state index in [4.69, 9.17) is 0 Å². The van der Waals surface area contributed by atoms with Crippen molar-refractivity contribution in [3.63, 3.8) is 0 Å². The summed E-state index contributed by atoms with van der Waals surface area (Å²) >= 11 is 0. The third kappa shape index (κ3) is 3.22. The van der Waals surface area contributed by atoms with E-state index in [1.165, 1.54) is 5.56 Å². The first-order valence-corrected chi connectivity index (χ1v) is 6.36. The molecule has 92 valence electrons. The molecule has 1 aromatic rings. The number of benzene rings is 1. The number of carbonyl (C=O) groups excluding carboxylic acids is 1. The lowest BCUT2D eigenvalue weighted by molar-refractivity contribution is 0.207. The lowest BCUT2D eigenvalue weighted by Crippen LogP contribution is -2.38. The fourth-order valence-electron chi connectivity index (χ4n) is 2.39. The Labute approximate surface area is 103 Å². The summed E-state index contributed by atoms with van der Waals surface area (Å²) in [5, 5.41) is 2.86. The quantitative estimate of drug-likeness (QED) is 0.852. The zero-order chi connectivity index (χ0) is 12.1. The molecule has 1 heterocycles. The lowest BCUT2D eigenvalue weighted by atomic mass is 9.99. The highest BCUT2D eigenvalue weighted by molar-refractivity contribution is 5.74. The van der Waals surface area contributed by atoms with Gasteiger partial charge in [0, 0.05) is 19.6 Å². The van der Waals surface area contributed by atoms with E-state index in [-0.39, 0.29) is 6.03 Å². The number of urea groups is 1. The molecule has 17 heavy (non-hydrogen) atoms. The monoisotopic (exact) mass is 232 g/mol. The van der Waals surface area contributed by atoms with Gasteiger partial charge in [-0.2, -0.15) is 0 Å². The van der Waals surface area contributed by atoms with Crippen LogP contribution >= 0.6 is 0 Å². The average molecular weight is 232 g/mol. The smallest absolute Gasteiger partial charge is 0.317 e. The van der Waals surface area contributed by atoms with E-state index >= 15 is 0 Å². The summed E-state index contributed by atoms with van der Waals surface area (Å²) in [4.78, 5) is 13.6. The molecule has 1 aliphatic rings. The van der Waals surface area contributed by atoms with Crippen molar-refractivity contribution in [2.75, 3.05) is 19.6 Å². The van der Waals surface area contributed by atoms with Gasteiger partial charge in [0.1, 0.15) is 0 Å². The Kier molecular flexibility index (Phi) is 4.02. The van der Waals surface area contributed by atoms with Crippen molar-refractivity contribution in [1.29, 1.82) is 0 Å². The van der Waals surface area contributed by atoms with Crippen molar-refractivity contribution >= 4 is 6.03 Å². The second kappa shape index (κ2) is 5.71. The van der Waals surface area contributed by atoms with Crippen LogP contribution in [0.3, 0.4) is 0 Å². The number of rotatable bonds is 3. The summed E-state index contributed by atoms with van der Waals surface area (Å²) in [5.41, 5.74) is 1.37. The number of hydrogen-bond acceptors (Lipinski definition) is 1. The van der Waals surface area contributed by atoms with E-state index in [2.05, 4.69) is 29.6 Å². The van der Waals surface area contributed by atoms with E-state index in [1.54, 1.807) is 0 Å². The van der Waals surface area contributed by atoms with Gasteiger partial charge >= 0.3 is 6.03 Å². The van der Waals surface area contributed by atoms with Crippen LogP contribution in [0.15, 0.2) is 30.3 Å². The molecule has 0 spiro atoms. The molecule has 0 radical (unpaired) electrons. The number of amides is 2. The average Bonchev–Trinajstić information content (AvgIpc) is 2.79. The molecule has 2 rings (SSSR count). The molecule has 1 fully saturated rings. The van der Waals surface area contributed by atoms with Gasteiger partial charge in [-0.1, -0.05) is 30.3 Å². The predicted molar refractivity (Wildman–Crippen MR) is 68.9 cm³/mol. The van der Waals surface area contributed by atoms with Gasteiger partial charge in [0.15, 0.2) is 0 Å². The van der Waals surface area contributed by atoms with Crippen molar-refractivity contribution in [3.05, 3.63) is 35.9 Å². The first-order chi connectivity index (χ1) is 8.29. The van der Waals surface area contributed by atoms with Gasteiger partial charge in [0.05, 0.1) is 0 Å². The molecule has 2 amide bonds. The van der Waals surface area contributed by atoms with Gasteiger partial charge in [-0.25, -0.2) is 4.79 Å². The highest BCUT2D eigenvalue weighted by Crippen LogP contribution is 2.20. The van der Waals surface area contributed by atoms with Crippen LogP contribution < -0.4 is 5.32 Å². The SMILES string of the molecule is CCNC(=O)N1CCC(Cc2ccccc2)C1. The van der Waals surface area contributed by atoms with Gasteiger partial charge in [-0.3, -0.25) is 0 Å². The van der Waals surface area contributed by atoms with Crippen molar-refractivity contribution in [2.45, 2.75) is 19.8 Å². The summed E-state index contributed by atoms with van der Waals surface area (Å²) in [7, 11) is 0. The van der Waals surface area contributed by atoms with Crippen LogP contribution in [0.2, 0.25) is 0 Å². The second-order valence-electron chi connectivity index (χ2n) is 4.63. The third-order valence-corrected chi connectivity index (χ3v) is 3.27. The largest absolute Gasteiger partial charge is 0.338 e. The molecule has 1 N–H and O–H groups in total. The molecule has 0 aliphatic carbocycles. The van der Waals surface area contributed by atoms with Gasteiger partial charge < -0.3 is 10.2 Å². The van der Waals surface area contributed by atoms with Crippen LogP contribution in [0.5, 0.6) is 0 Å². The zero-order valence-corrected chi connectivity index (χ0v) is 10.4. The maximum atomic E-state index is 11.7. The minimum Gasteiger partial charge on any atom is -0.338 e. The van der Waals surface area contributed by atoms with Crippen LogP contribution in [0.4, 0.5) is 4.79 Å². The number of nitrogens with one attached hydrogen (secondary N) is 1. The van der Waals surface area contributed by atoms with E-state index in [0.717, 1.165) is 25.9 Å². The minimum absolute atomic E-state index is 0.0862. The summed E-state index contributed by atoms with van der Waals surface area (Å²) < 4.78 is 0. The maximum absolute atomic E-state index is 11.7. The Morgan fingerprint density at radius 3 is 2.88 bits per heavy atom. The molecular weight excluding hydrogens is 212 g/mol. The summed E-state index contributed by atoms with van der Waals surface area (Å²) in [6, 6.07) is 10.6. The van der Waals surface area contributed by atoms with E-state index in [0.29, 0.717) is 12.5 Å². The Balaban J connectivity index is 1.84. The Morgan fingerprint density at radius 1 is 1.41 bits per heavy atom. The Bertz CT molecular complexity index is 364. The fourth-order valence-corrected chi connectivity index (χ4v) is 2.39. The number of carbonyl (C=O) groups is 1. The lowest BCUT2D eigenvalue weighted by Gasteiger charge is -2.16. The van der Waals surface area contributed by atoms with Gasteiger partial charge in [0.2, 0.25) is 0 Å². The topological polar surface area (TPSA) is 32.3 Å². The van der Waals surface area contributed by atoms with E-state index in [1.807, 2.05) is 17.9 Å². The maximum Gasteiger partial charge on any atom is 0.317 e. The van der Waals surface area contributed by atoms with Crippen molar-refractivity contribution in [3.8, 4) is 0 Å². The van der Waals surface area contributed by atoms with E-state index < -0.39 is 0 Å². The van der Waals surface area contributed by atoms with Gasteiger partial charge in [0.25, 0.3) is 0 Å². The molecule has 3 nitrogen and oxygen atoms in total. The molecule has 1 unspecified atom stereocenters. The highest BCUT2D eigenvalue weighted by Gasteiger charge is 2.25. The molecule has 0 bridgehead atoms. The van der Waals surface area contributed by atoms with Crippen LogP contribution in [0.1, 0.15) is 18.9 Å². The predicted octanol–water partition coefficient (Wildman–Crippen LogP) is 2.28. The van der Waals surface area contributed by atoms with Crippen LogP contribution in [0, 0.1) is 5.92 Å². The minimum atomic E-state index is 0.0862. The molecule has 0 saturated carbocycles. The first-order valence-electron chi connectivity index (χ1n) is 6.36.